The van der Waals surface area contributed by atoms with Gasteiger partial charge in [-0.1, -0.05) is 257 Å². The molecule has 0 aliphatic heterocycles. The molecule has 0 bridgehead atoms. The molecule has 0 fully saturated rings. The first-order valence-electron chi connectivity index (χ1n) is 32.6. The zero-order chi connectivity index (χ0) is 68.9. The number of Topliss-reactive ketones (excluding diaryl/α,β-unsaturated/α-hetero) is 7. The van der Waals surface area contributed by atoms with Crippen LogP contribution in [-0.2, 0) is 78.5 Å². The molecule has 91 heavy (non-hydrogen) atoms. The highest BCUT2D eigenvalue weighted by Crippen LogP contribution is 2.16. The van der Waals surface area contributed by atoms with Crippen molar-refractivity contribution in [1.82, 2.24) is 0 Å². The molecule has 0 amide bonds. The highest BCUT2D eigenvalue weighted by atomic mass is 16.1. The molecule has 0 N–H and O–H groups in total. The minimum atomic E-state index is 0.141. The normalized spacial score (nSPS) is 12.5. The molecule has 7 nitrogen and oxygen atoms in total. The monoisotopic (exact) mass is 1230 g/mol. The summed E-state index contributed by atoms with van der Waals surface area (Å²) in [5, 5.41) is 0. The van der Waals surface area contributed by atoms with E-state index in [2.05, 4.69) is 218 Å². The zero-order valence-electron chi connectivity index (χ0n) is 59.5. The summed E-state index contributed by atoms with van der Waals surface area (Å²) in [5.74, 6) is 2.84. The number of benzene rings is 7. The molecule has 7 rings (SSSR count). The van der Waals surface area contributed by atoms with Gasteiger partial charge < -0.3 is 0 Å². The number of hydrogen-bond acceptors (Lipinski definition) is 7. The molecular weight excluding hydrogens is 1120 g/mol. The van der Waals surface area contributed by atoms with Crippen molar-refractivity contribution < 1.29 is 33.6 Å². The van der Waals surface area contributed by atoms with Crippen molar-refractivity contribution in [3.8, 4) is 0 Å². The SMILES string of the molecule is CC(=O)[C@H](C)Cc1ccc(C)cc1.CC(=O)[C@H](C)Cc1ccc(C)cc1.CC(=O)[C@H](C)Cc1ccc(C)cc1.CC(=O)[C@H](C)Cc1ccc(C)cc1.CC(=O)[C@H](C)Cc1ccc(C)cc1.CC(=O)[C@H](C)Cc1ccc(C)cc1.CC(=O)[C@H](C)Cc1ccc(C)cc1. The maximum Gasteiger partial charge on any atom is 0.132 e. The number of aryl methyl sites for hydroxylation is 7. The van der Waals surface area contributed by atoms with Crippen molar-refractivity contribution in [2.75, 3.05) is 0 Å². The number of hydrogen-bond donors (Lipinski definition) is 0. The lowest BCUT2D eigenvalue weighted by Gasteiger charge is -2.07. The van der Waals surface area contributed by atoms with Crippen LogP contribution in [0.15, 0.2) is 170 Å². The average Bonchev–Trinajstić information content (AvgIpc) is 3.42. The third-order valence-electron chi connectivity index (χ3n) is 16.5. The third-order valence-corrected chi connectivity index (χ3v) is 16.5. The first-order chi connectivity index (χ1) is 42.6. The van der Waals surface area contributed by atoms with Crippen LogP contribution in [-0.4, -0.2) is 40.5 Å². The molecule has 0 saturated carbocycles. The molecule has 0 heterocycles. The molecule has 0 unspecified atom stereocenters. The Morgan fingerprint density at radius 2 is 0.264 bits per heavy atom. The quantitative estimate of drug-likeness (QED) is 0.0703. The van der Waals surface area contributed by atoms with Crippen LogP contribution < -0.4 is 0 Å². The summed E-state index contributed by atoms with van der Waals surface area (Å²) < 4.78 is 0. The Kier molecular flexibility index (Phi) is 39.2. The molecule has 7 aromatic rings. The van der Waals surface area contributed by atoms with Gasteiger partial charge in [0.25, 0.3) is 0 Å². The predicted octanol–water partition coefficient (Wildman–Crippen LogP) is 19.3. The predicted molar refractivity (Wildman–Crippen MR) is 383 cm³/mol. The van der Waals surface area contributed by atoms with Crippen LogP contribution in [0.2, 0.25) is 0 Å². The van der Waals surface area contributed by atoms with Gasteiger partial charge in [0.2, 0.25) is 0 Å². The Bertz CT molecular complexity index is 2620. The highest BCUT2D eigenvalue weighted by molar-refractivity contribution is 5.80. The fourth-order valence-electron chi connectivity index (χ4n) is 8.55. The molecule has 0 radical (unpaired) electrons. The van der Waals surface area contributed by atoms with Crippen LogP contribution in [0.4, 0.5) is 0 Å². The van der Waals surface area contributed by atoms with Gasteiger partial charge >= 0.3 is 0 Å². The van der Waals surface area contributed by atoms with Crippen molar-refractivity contribution in [2.45, 2.75) is 190 Å². The standard InChI is InChI=1S/7C12H16O/c7*1-9-4-6-12(7-5-9)8-10(2)11(3)13/h7*4-7,10H,8H2,1-3H3/t7*10-/m1111111/s1. The van der Waals surface area contributed by atoms with E-state index in [-0.39, 0.29) is 81.9 Å². The maximum absolute atomic E-state index is 11.0. The topological polar surface area (TPSA) is 119 Å². The second-order valence-electron chi connectivity index (χ2n) is 25.9. The van der Waals surface area contributed by atoms with Crippen molar-refractivity contribution in [3.63, 3.8) is 0 Å². The van der Waals surface area contributed by atoms with E-state index < -0.39 is 0 Å². The minimum Gasteiger partial charge on any atom is -0.300 e. The summed E-state index contributed by atoms with van der Waals surface area (Å²) in [5.41, 5.74) is 17.5. The van der Waals surface area contributed by atoms with E-state index in [1.807, 2.05) is 48.5 Å². The van der Waals surface area contributed by atoms with Gasteiger partial charge in [-0.2, -0.15) is 0 Å². The van der Waals surface area contributed by atoms with Crippen LogP contribution in [0.25, 0.3) is 0 Å². The number of carbonyl (C=O) groups excluding carboxylic acids is 7. The smallest absolute Gasteiger partial charge is 0.132 e. The van der Waals surface area contributed by atoms with Gasteiger partial charge in [-0.05, 0) is 181 Å². The van der Waals surface area contributed by atoms with Gasteiger partial charge in [0, 0.05) is 41.4 Å². The second-order valence-corrected chi connectivity index (χ2v) is 25.9. The van der Waals surface area contributed by atoms with Crippen molar-refractivity contribution in [2.24, 2.45) is 41.4 Å². The van der Waals surface area contributed by atoms with Crippen LogP contribution >= 0.6 is 0 Å². The second kappa shape index (κ2) is 43.9. The largest absolute Gasteiger partial charge is 0.300 e. The lowest BCUT2D eigenvalue weighted by molar-refractivity contribution is -0.121. The van der Waals surface area contributed by atoms with E-state index in [4.69, 9.17) is 0 Å². The van der Waals surface area contributed by atoms with E-state index in [0.29, 0.717) is 0 Å². The third kappa shape index (κ3) is 37.9. The fourth-order valence-corrected chi connectivity index (χ4v) is 8.55. The van der Waals surface area contributed by atoms with E-state index in [1.165, 1.54) is 77.9 Å². The van der Waals surface area contributed by atoms with Gasteiger partial charge in [-0.25, -0.2) is 0 Å². The molecule has 7 heteroatoms. The van der Waals surface area contributed by atoms with Crippen molar-refractivity contribution >= 4 is 40.5 Å². The Hall–Kier alpha value is -7.77. The molecule has 0 saturated heterocycles. The van der Waals surface area contributed by atoms with Crippen molar-refractivity contribution in [3.05, 3.63) is 248 Å². The molecule has 7 aromatic carbocycles. The van der Waals surface area contributed by atoms with Gasteiger partial charge in [0.15, 0.2) is 0 Å². The van der Waals surface area contributed by atoms with Crippen LogP contribution in [0.3, 0.4) is 0 Å². The molecule has 0 aliphatic rings. The first kappa shape index (κ1) is 81.2. The maximum atomic E-state index is 11.0. The summed E-state index contributed by atoms with van der Waals surface area (Å²) >= 11 is 0. The number of ketones is 7. The van der Waals surface area contributed by atoms with Gasteiger partial charge in [-0.15, -0.1) is 0 Å². The van der Waals surface area contributed by atoms with Crippen LogP contribution in [0, 0.1) is 89.9 Å². The lowest BCUT2D eigenvalue weighted by Crippen LogP contribution is -2.09. The van der Waals surface area contributed by atoms with E-state index >= 15 is 0 Å². The highest BCUT2D eigenvalue weighted by Gasteiger charge is 2.13. The zero-order valence-corrected chi connectivity index (χ0v) is 59.5. The van der Waals surface area contributed by atoms with E-state index in [9.17, 15) is 33.6 Å². The summed E-state index contributed by atoms with van der Waals surface area (Å²) in [7, 11) is 0. The van der Waals surface area contributed by atoms with E-state index in [1.54, 1.807) is 48.5 Å². The van der Waals surface area contributed by atoms with Crippen LogP contribution in [0.5, 0.6) is 0 Å². The van der Waals surface area contributed by atoms with Crippen molar-refractivity contribution in [1.29, 1.82) is 0 Å². The molecule has 7 atom stereocenters. The average molecular weight is 1230 g/mol. The van der Waals surface area contributed by atoms with Crippen LogP contribution in [0.1, 0.15) is 175 Å². The number of rotatable bonds is 21. The molecule has 0 spiro atoms. The van der Waals surface area contributed by atoms with Gasteiger partial charge in [-0.3, -0.25) is 33.6 Å². The molecule has 0 aliphatic carbocycles. The van der Waals surface area contributed by atoms with E-state index in [0.717, 1.165) is 44.9 Å². The molecule has 0 aromatic heterocycles. The Morgan fingerprint density at radius 3 is 0.330 bits per heavy atom. The fraction of sp³-hybridized carbons (Fsp3) is 0.417. The Balaban J connectivity index is 0.000000531. The molecule has 490 valence electrons. The summed E-state index contributed by atoms with van der Waals surface area (Å²) in [6.07, 6.45) is 6.00. The minimum absolute atomic E-state index is 0.141. The van der Waals surface area contributed by atoms with Gasteiger partial charge in [0.05, 0.1) is 0 Å². The first-order valence-corrected chi connectivity index (χ1v) is 32.6. The summed E-state index contributed by atoms with van der Waals surface area (Å²) in [6, 6.07) is 58.5. The lowest BCUT2D eigenvalue weighted by atomic mass is 9.97. The molecular formula is C84H112O7. The number of carbonyl (C=O) groups is 7. The van der Waals surface area contributed by atoms with Gasteiger partial charge in [0.1, 0.15) is 40.5 Å². The summed E-state index contributed by atoms with van der Waals surface area (Å²) in [6.45, 7) is 39.9. The Morgan fingerprint density at radius 1 is 0.187 bits per heavy atom. The summed E-state index contributed by atoms with van der Waals surface area (Å²) in [4.78, 5) is 77.1. The Labute approximate surface area is 550 Å².